The molecule has 12 heteroatoms. The van der Waals surface area contributed by atoms with Crippen LogP contribution in [0.1, 0.15) is 47.1 Å². The van der Waals surface area contributed by atoms with Crippen molar-refractivity contribution in [1.82, 2.24) is 9.55 Å². The molecule has 0 bridgehead atoms. The monoisotopic (exact) mass is 574 g/mol. The highest BCUT2D eigenvalue weighted by Crippen LogP contribution is 2.51. The molecular weight excluding hydrogens is 539 g/mol. The van der Waals surface area contributed by atoms with Crippen LogP contribution < -0.4 is 10.3 Å². The van der Waals surface area contributed by atoms with Gasteiger partial charge in [0.05, 0.1) is 22.4 Å². The molecule has 0 saturated heterocycles. The smallest absolute Gasteiger partial charge is 0.340 e. The van der Waals surface area contributed by atoms with Crippen LogP contribution in [0.5, 0.6) is 11.5 Å². The number of carbonyl (C=O) groups is 2. The minimum absolute atomic E-state index is 0.184. The van der Waals surface area contributed by atoms with E-state index in [0.717, 1.165) is 0 Å². The highest BCUT2D eigenvalue weighted by molar-refractivity contribution is 7.53. The maximum absolute atomic E-state index is 13.5. The third-order valence-corrected chi connectivity index (χ3v) is 7.35. The summed E-state index contributed by atoms with van der Waals surface area (Å²) in [6, 6.07) is 11.5. The molecule has 0 amide bonds. The number of pyridine rings is 2. The van der Waals surface area contributed by atoms with Crippen LogP contribution in [0.2, 0.25) is 0 Å². The number of esters is 2. The number of fused-ring (bicyclic) bond motifs is 1. The lowest BCUT2D eigenvalue weighted by atomic mass is 9.98. The van der Waals surface area contributed by atoms with Crippen LogP contribution in [-0.4, -0.2) is 35.1 Å². The third-order valence-electron chi connectivity index (χ3n) is 5.60. The second-order valence-corrected chi connectivity index (χ2v) is 13.2. The topological polar surface area (TPSA) is 132 Å². The molecule has 3 rings (SSSR count). The van der Waals surface area contributed by atoms with Crippen molar-refractivity contribution in [2.45, 2.75) is 47.7 Å². The summed E-state index contributed by atoms with van der Waals surface area (Å²) in [5.74, 6) is -0.0844. The lowest BCUT2D eigenvalue weighted by molar-refractivity contribution is -0.162. The highest BCUT2D eigenvalue weighted by Gasteiger charge is 2.30. The number of ether oxygens (including phenoxy) is 3. The number of aromatic nitrogens is 2. The van der Waals surface area contributed by atoms with Crippen molar-refractivity contribution in [2.75, 3.05) is 13.6 Å². The Morgan fingerprint density at radius 2 is 1.40 bits per heavy atom. The second kappa shape index (κ2) is 12.3. The Morgan fingerprint density at radius 1 is 0.850 bits per heavy atom. The van der Waals surface area contributed by atoms with Gasteiger partial charge in [-0.05, 0) is 71.4 Å². The van der Waals surface area contributed by atoms with E-state index in [1.165, 1.54) is 10.6 Å². The molecule has 0 aliphatic carbocycles. The normalized spacial score (nSPS) is 12.3. The average molecular weight is 575 g/mol. The molecule has 0 N–H and O–H groups in total. The first-order chi connectivity index (χ1) is 18.6. The Kier molecular flexibility index (Phi) is 9.56. The Labute approximate surface area is 232 Å². The fraction of sp³-hybridized carbons (Fsp3) is 0.429. The number of hydrogen-bond acceptors (Lipinski definition) is 10. The molecule has 0 atom stereocenters. The van der Waals surface area contributed by atoms with Crippen LogP contribution in [0.3, 0.4) is 0 Å². The number of nitrogens with zero attached hydrogens (tertiary/aromatic N) is 2. The van der Waals surface area contributed by atoms with Gasteiger partial charge in [-0.2, -0.15) is 0 Å². The molecule has 0 aliphatic rings. The number of hydrogen-bond donors (Lipinski definition) is 0. The second-order valence-electron chi connectivity index (χ2n) is 11.1. The molecule has 0 saturated carbocycles. The van der Waals surface area contributed by atoms with Gasteiger partial charge < -0.3 is 14.2 Å². The van der Waals surface area contributed by atoms with Gasteiger partial charge in [-0.1, -0.05) is 12.1 Å². The van der Waals surface area contributed by atoms with Crippen molar-refractivity contribution >= 4 is 30.6 Å². The first-order valence-corrected chi connectivity index (χ1v) is 14.3. The van der Waals surface area contributed by atoms with Gasteiger partial charge in [0.15, 0.2) is 0 Å². The fourth-order valence-corrected chi connectivity index (χ4v) is 4.57. The van der Waals surface area contributed by atoms with Gasteiger partial charge in [-0.15, -0.1) is 0 Å². The van der Waals surface area contributed by atoms with E-state index < -0.39 is 44.0 Å². The van der Waals surface area contributed by atoms with Gasteiger partial charge in [0.1, 0.15) is 17.1 Å². The Hall–Kier alpha value is -3.53. The van der Waals surface area contributed by atoms with E-state index in [-0.39, 0.29) is 11.7 Å². The molecule has 2 aromatic heterocycles. The lowest BCUT2D eigenvalue weighted by Gasteiger charge is -2.22. The predicted molar refractivity (Wildman–Crippen MR) is 148 cm³/mol. The van der Waals surface area contributed by atoms with Gasteiger partial charge in [0.2, 0.25) is 13.6 Å². The van der Waals surface area contributed by atoms with Crippen molar-refractivity contribution in [1.29, 1.82) is 0 Å². The van der Waals surface area contributed by atoms with Crippen LogP contribution in [0.15, 0.2) is 53.5 Å². The summed E-state index contributed by atoms with van der Waals surface area (Å²) >= 11 is 0. The highest BCUT2D eigenvalue weighted by atomic mass is 31.2. The Balaban J connectivity index is 1.73. The summed E-state index contributed by atoms with van der Waals surface area (Å²) < 4.78 is 42.0. The zero-order chi connectivity index (χ0) is 29.7. The van der Waals surface area contributed by atoms with Crippen molar-refractivity contribution < 1.29 is 37.4 Å². The average Bonchev–Trinajstić information content (AvgIpc) is 2.86. The van der Waals surface area contributed by atoms with Crippen LogP contribution in [0, 0.1) is 10.8 Å². The molecule has 0 radical (unpaired) electrons. The summed E-state index contributed by atoms with van der Waals surface area (Å²) in [5, 5.41) is 0.662. The van der Waals surface area contributed by atoms with Crippen LogP contribution >= 0.6 is 7.60 Å². The van der Waals surface area contributed by atoms with Crippen molar-refractivity contribution in [3.8, 4) is 11.5 Å². The van der Waals surface area contributed by atoms with E-state index in [4.69, 9.17) is 23.3 Å². The summed E-state index contributed by atoms with van der Waals surface area (Å²) in [4.78, 5) is 40.4. The lowest BCUT2D eigenvalue weighted by Crippen LogP contribution is -2.24. The molecule has 0 spiro atoms. The minimum atomic E-state index is -3.92. The van der Waals surface area contributed by atoms with E-state index in [1.807, 2.05) is 0 Å². The van der Waals surface area contributed by atoms with E-state index >= 15 is 0 Å². The van der Waals surface area contributed by atoms with Crippen molar-refractivity contribution in [2.24, 2.45) is 17.9 Å². The molecule has 0 fully saturated rings. The number of carbonyl (C=O) groups excluding carboxylic acids is 2. The molecular formula is C28H35N2O9P. The van der Waals surface area contributed by atoms with Crippen molar-refractivity contribution in [3.63, 3.8) is 0 Å². The SMILES string of the molecule is Cn1c(=O)ccc2c(Oc3ccc(CP(=O)(OCOC(=O)C(C)(C)C)OCOC(=O)C(C)(C)C)cc3)ccnc21. The van der Waals surface area contributed by atoms with Gasteiger partial charge in [0.25, 0.3) is 5.56 Å². The minimum Gasteiger partial charge on any atom is -0.457 e. The molecule has 11 nitrogen and oxygen atoms in total. The quantitative estimate of drug-likeness (QED) is 0.173. The van der Waals surface area contributed by atoms with Gasteiger partial charge >= 0.3 is 19.5 Å². The molecule has 0 aliphatic heterocycles. The summed E-state index contributed by atoms with van der Waals surface area (Å²) in [6.07, 6.45) is 1.36. The maximum Gasteiger partial charge on any atom is 0.340 e. The number of aryl methyl sites for hydroxylation is 1. The largest absolute Gasteiger partial charge is 0.457 e. The van der Waals surface area contributed by atoms with E-state index in [2.05, 4.69) is 4.98 Å². The summed E-state index contributed by atoms with van der Waals surface area (Å²) in [6.45, 7) is 8.87. The fourth-order valence-electron chi connectivity index (χ4n) is 3.22. The third kappa shape index (κ3) is 8.24. The molecule has 216 valence electrons. The van der Waals surface area contributed by atoms with Gasteiger partial charge in [-0.25, -0.2) is 4.98 Å². The molecule has 40 heavy (non-hydrogen) atoms. The van der Waals surface area contributed by atoms with Crippen LogP contribution in [0.25, 0.3) is 11.0 Å². The standard InChI is InChI=1S/C28H35N2O9P/c1-27(2,3)25(32)35-17-37-40(34,38-18-36-26(33)28(4,5)6)16-19-8-10-20(11-9-19)39-22-14-15-29-24-21(22)12-13-23(31)30(24)7/h8-15H,16-18H2,1-7H3. The molecule has 0 unspecified atom stereocenters. The van der Waals surface area contributed by atoms with Crippen LogP contribution in [0.4, 0.5) is 0 Å². The molecule has 3 aromatic rings. The number of rotatable bonds is 10. The van der Waals surface area contributed by atoms with Gasteiger partial charge in [0, 0.05) is 19.3 Å². The Morgan fingerprint density at radius 3 is 1.93 bits per heavy atom. The molecule has 1 aromatic carbocycles. The first kappa shape index (κ1) is 31.0. The summed E-state index contributed by atoms with van der Waals surface area (Å²) in [5.41, 5.74) is -0.683. The van der Waals surface area contributed by atoms with Crippen molar-refractivity contribution in [3.05, 3.63) is 64.6 Å². The predicted octanol–water partition coefficient (Wildman–Crippen LogP) is 5.55. The number of benzene rings is 1. The van der Waals surface area contributed by atoms with E-state index in [9.17, 15) is 18.9 Å². The van der Waals surface area contributed by atoms with Gasteiger partial charge in [-0.3, -0.25) is 32.6 Å². The molecule has 2 heterocycles. The maximum atomic E-state index is 13.5. The summed E-state index contributed by atoms with van der Waals surface area (Å²) in [7, 11) is -2.29. The van der Waals surface area contributed by atoms with E-state index in [1.54, 1.807) is 91.2 Å². The zero-order valence-electron chi connectivity index (χ0n) is 23.8. The first-order valence-electron chi connectivity index (χ1n) is 12.5. The Bertz CT molecular complexity index is 1430. The van der Waals surface area contributed by atoms with Crippen LogP contribution in [-0.2, 0) is 45.9 Å². The van der Waals surface area contributed by atoms with E-state index in [0.29, 0.717) is 28.1 Å². The zero-order valence-corrected chi connectivity index (χ0v) is 24.7.